The molecule has 3 N–H and O–H groups in total. The van der Waals surface area contributed by atoms with Crippen LogP contribution in [0.25, 0.3) is 0 Å². The van der Waals surface area contributed by atoms with Crippen molar-refractivity contribution in [3.8, 4) is 0 Å². The second kappa shape index (κ2) is 6.81. The van der Waals surface area contributed by atoms with E-state index in [2.05, 4.69) is 5.32 Å². The van der Waals surface area contributed by atoms with Crippen LogP contribution in [-0.4, -0.2) is 26.6 Å². The molecule has 0 aliphatic carbocycles. The lowest BCUT2D eigenvalue weighted by Gasteiger charge is -2.09. The number of nitrogens with two attached hydrogens (primary N) is 1. The van der Waals surface area contributed by atoms with Gasteiger partial charge in [0.2, 0.25) is 5.91 Å². The van der Waals surface area contributed by atoms with Crippen LogP contribution in [-0.2, 0) is 14.6 Å². The summed E-state index contributed by atoms with van der Waals surface area (Å²) >= 11 is 0. The van der Waals surface area contributed by atoms with Gasteiger partial charge in [-0.05, 0) is 38.0 Å². The highest BCUT2D eigenvalue weighted by Crippen LogP contribution is 2.20. The summed E-state index contributed by atoms with van der Waals surface area (Å²) in [4.78, 5) is 11.6. The summed E-state index contributed by atoms with van der Waals surface area (Å²) in [6.07, 6.45) is 2.52. The minimum atomic E-state index is -3.44. The molecule has 5 nitrogen and oxygen atoms in total. The van der Waals surface area contributed by atoms with Gasteiger partial charge in [0.15, 0.2) is 9.84 Å². The number of carbonyl (C=O) groups is 1. The van der Waals surface area contributed by atoms with Crippen LogP contribution in [0.2, 0.25) is 0 Å². The lowest BCUT2D eigenvalue weighted by atomic mass is 10.1. The zero-order valence-corrected chi connectivity index (χ0v) is 12.3. The highest BCUT2D eigenvalue weighted by atomic mass is 32.2. The van der Waals surface area contributed by atoms with Crippen LogP contribution < -0.4 is 11.1 Å². The van der Waals surface area contributed by atoms with Crippen LogP contribution in [0, 0.1) is 5.82 Å². The molecule has 20 heavy (non-hydrogen) atoms. The van der Waals surface area contributed by atoms with E-state index in [1.807, 2.05) is 6.92 Å². The molecule has 0 aliphatic rings. The topological polar surface area (TPSA) is 89.3 Å². The Morgan fingerprint density at radius 3 is 2.65 bits per heavy atom. The van der Waals surface area contributed by atoms with E-state index in [4.69, 9.17) is 5.73 Å². The van der Waals surface area contributed by atoms with E-state index in [0.29, 0.717) is 12.8 Å². The first-order valence-corrected chi connectivity index (χ1v) is 8.14. The predicted molar refractivity (Wildman–Crippen MR) is 75.6 cm³/mol. The third-order valence-corrected chi connectivity index (χ3v) is 3.81. The highest BCUT2D eigenvalue weighted by molar-refractivity contribution is 7.90. The minimum absolute atomic E-state index is 0.00750. The molecule has 112 valence electrons. The average Bonchev–Trinajstić information content (AvgIpc) is 2.30. The lowest BCUT2D eigenvalue weighted by Crippen LogP contribution is -2.17. The Morgan fingerprint density at radius 1 is 1.45 bits per heavy atom. The number of rotatable bonds is 6. The van der Waals surface area contributed by atoms with E-state index in [1.54, 1.807) is 0 Å². The number of sulfone groups is 1. The zero-order valence-electron chi connectivity index (χ0n) is 11.5. The lowest BCUT2D eigenvalue weighted by molar-refractivity contribution is -0.116. The first kappa shape index (κ1) is 16.6. The summed E-state index contributed by atoms with van der Waals surface area (Å²) in [5.41, 5.74) is 5.44. The standard InChI is InChI=1S/C13H19FN2O3S/c1-9(15)4-3-5-13(17)16-12-8-10(20(2,18)19)6-7-11(12)14/h6-9H,3-5,15H2,1-2H3,(H,16,17). The minimum Gasteiger partial charge on any atom is -0.328 e. The van der Waals surface area contributed by atoms with Gasteiger partial charge in [-0.25, -0.2) is 12.8 Å². The van der Waals surface area contributed by atoms with Gasteiger partial charge in [-0.2, -0.15) is 0 Å². The molecule has 1 atom stereocenters. The number of benzene rings is 1. The normalized spacial score (nSPS) is 13.0. The Bertz CT molecular complexity index is 585. The molecule has 0 aliphatic heterocycles. The molecule has 0 saturated heterocycles. The Labute approximate surface area is 118 Å². The number of nitrogens with one attached hydrogen (secondary N) is 1. The van der Waals surface area contributed by atoms with Gasteiger partial charge in [-0.1, -0.05) is 0 Å². The van der Waals surface area contributed by atoms with E-state index in [9.17, 15) is 17.6 Å². The van der Waals surface area contributed by atoms with Gasteiger partial charge in [-0.15, -0.1) is 0 Å². The highest BCUT2D eigenvalue weighted by Gasteiger charge is 2.13. The first-order chi connectivity index (χ1) is 9.20. The SMILES string of the molecule is CC(N)CCCC(=O)Nc1cc(S(C)(=O)=O)ccc1F. The van der Waals surface area contributed by atoms with Gasteiger partial charge in [0, 0.05) is 18.7 Å². The zero-order chi connectivity index (χ0) is 15.3. The average molecular weight is 302 g/mol. The van der Waals surface area contributed by atoms with Crippen LogP contribution >= 0.6 is 0 Å². The van der Waals surface area contributed by atoms with Gasteiger partial charge in [0.25, 0.3) is 0 Å². The summed E-state index contributed by atoms with van der Waals surface area (Å²) in [6.45, 7) is 1.84. The van der Waals surface area contributed by atoms with Crippen LogP contribution in [0.1, 0.15) is 26.2 Å². The molecule has 0 aromatic heterocycles. The summed E-state index contributed by atoms with van der Waals surface area (Å²) in [7, 11) is -3.44. The maximum atomic E-state index is 13.5. The molecule has 0 heterocycles. The van der Waals surface area contributed by atoms with E-state index in [1.165, 1.54) is 0 Å². The fraction of sp³-hybridized carbons (Fsp3) is 0.462. The maximum absolute atomic E-state index is 13.5. The number of hydrogen-bond donors (Lipinski definition) is 2. The molecular formula is C13H19FN2O3S. The van der Waals surface area contributed by atoms with E-state index in [0.717, 1.165) is 24.5 Å². The number of halogens is 1. The maximum Gasteiger partial charge on any atom is 0.224 e. The molecule has 1 aromatic rings. The molecule has 0 saturated carbocycles. The van der Waals surface area contributed by atoms with Crippen molar-refractivity contribution in [1.82, 2.24) is 0 Å². The summed E-state index contributed by atoms with van der Waals surface area (Å²) in [5.74, 6) is -1.03. The van der Waals surface area contributed by atoms with Crippen molar-refractivity contribution in [1.29, 1.82) is 0 Å². The van der Waals surface area contributed by atoms with Crippen molar-refractivity contribution in [3.63, 3.8) is 0 Å². The predicted octanol–water partition coefficient (Wildman–Crippen LogP) is 1.69. The Balaban J connectivity index is 2.74. The van der Waals surface area contributed by atoms with Crippen molar-refractivity contribution in [3.05, 3.63) is 24.0 Å². The molecule has 1 amide bonds. The molecule has 1 unspecified atom stereocenters. The largest absolute Gasteiger partial charge is 0.328 e. The first-order valence-electron chi connectivity index (χ1n) is 6.25. The fourth-order valence-electron chi connectivity index (χ4n) is 1.63. The second-order valence-corrected chi connectivity index (χ2v) is 6.85. The molecule has 1 rings (SSSR count). The van der Waals surface area contributed by atoms with Crippen LogP contribution in [0.3, 0.4) is 0 Å². The monoisotopic (exact) mass is 302 g/mol. The van der Waals surface area contributed by atoms with E-state index >= 15 is 0 Å². The van der Waals surface area contributed by atoms with Crippen molar-refractivity contribution in [2.75, 3.05) is 11.6 Å². The molecule has 0 bridgehead atoms. The Kier molecular flexibility index (Phi) is 5.64. The van der Waals surface area contributed by atoms with Gasteiger partial charge >= 0.3 is 0 Å². The van der Waals surface area contributed by atoms with Gasteiger partial charge in [0.1, 0.15) is 5.82 Å². The summed E-state index contributed by atoms with van der Waals surface area (Å²) in [5, 5.41) is 2.38. The van der Waals surface area contributed by atoms with Gasteiger partial charge in [-0.3, -0.25) is 4.79 Å². The molecule has 1 aromatic carbocycles. The molecule has 0 fully saturated rings. The third-order valence-electron chi connectivity index (χ3n) is 2.70. The van der Waals surface area contributed by atoms with Crippen molar-refractivity contribution < 1.29 is 17.6 Å². The summed E-state index contributed by atoms with van der Waals surface area (Å²) < 4.78 is 36.3. The number of hydrogen-bond acceptors (Lipinski definition) is 4. The van der Waals surface area contributed by atoms with E-state index in [-0.39, 0.29) is 29.0 Å². The van der Waals surface area contributed by atoms with Crippen LogP contribution in [0.4, 0.5) is 10.1 Å². The quantitative estimate of drug-likeness (QED) is 0.782. The van der Waals surface area contributed by atoms with Crippen molar-refractivity contribution >= 4 is 21.4 Å². The Hall–Kier alpha value is -1.47. The molecular weight excluding hydrogens is 283 g/mol. The summed E-state index contributed by atoms with van der Waals surface area (Å²) in [6, 6.07) is 3.31. The van der Waals surface area contributed by atoms with Crippen LogP contribution in [0.5, 0.6) is 0 Å². The smallest absolute Gasteiger partial charge is 0.224 e. The van der Waals surface area contributed by atoms with Crippen molar-refractivity contribution in [2.45, 2.75) is 37.1 Å². The van der Waals surface area contributed by atoms with Gasteiger partial charge < -0.3 is 11.1 Å². The fourth-order valence-corrected chi connectivity index (χ4v) is 2.28. The Morgan fingerprint density at radius 2 is 2.10 bits per heavy atom. The molecule has 0 spiro atoms. The van der Waals surface area contributed by atoms with Crippen molar-refractivity contribution in [2.24, 2.45) is 5.73 Å². The number of carbonyl (C=O) groups excluding carboxylic acids is 1. The molecule has 7 heteroatoms. The number of amides is 1. The molecule has 0 radical (unpaired) electrons. The van der Waals surface area contributed by atoms with Gasteiger partial charge in [0.05, 0.1) is 10.6 Å². The second-order valence-electron chi connectivity index (χ2n) is 4.83. The number of anilines is 1. The van der Waals surface area contributed by atoms with E-state index < -0.39 is 15.7 Å². The van der Waals surface area contributed by atoms with Crippen LogP contribution in [0.15, 0.2) is 23.1 Å². The third kappa shape index (κ3) is 5.26.